The molecule has 106 valence electrons. The summed E-state index contributed by atoms with van der Waals surface area (Å²) in [5.41, 5.74) is -0.323. The molecule has 3 nitrogen and oxygen atoms in total. The van der Waals surface area contributed by atoms with Gasteiger partial charge in [-0.15, -0.1) is 11.3 Å². The molecule has 1 heterocycles. The third-order valence-corrected chi connectivity index (χ3v) is 5.25. The maximum Gasteiger partial charge on any atom is 0.407 e. The first-order chi connectivity index (χ1) is 8.81. The molecule has 1 aromatic rings. The van der Waals surface area contributed by atoms with Gasteiger partial charge in [-0.3, -0.25) is 0 Å². The minimum atomic E-state index is -0.442. The van der Waals surface area contributed by atoms with Gasteiger partial charge in [0, 0.05) is 16.8 Å². The van der Waals surface area contributed by atoms with E-state index in [4.69, 9.17) is 4.74 Å². The molecular formula is C14H20BrNO2S. The first-order valence-electron chi connectivity index (χ1n) is 6.53. The van der Waals surface area contributed by atoms with Gasteiger partial charge in [0.05, 0.1) is 3.79 Å². The normalized spacial score (nSPS) is 17.7. The second kappa shape index (κ2) is 5.44. The Kier molecular flexibility index (Phi) is 4.26. The SMILES string of the molecule is CC(C)(C)OC(=O)NCC1(c2ccc(Br)s2)CCC1. The number of halogens is 1. The zero-order chi connectivity index (χ0) is 14.1. The summed E-state index contributed by atoms with van der Waals surface area (Å²) in [5, 5.41) is 2.92. The van der Waals surface area contributed by atoms with Crippen LogP contribution in [0.1, 0.15) is 44.9 Å². The zero-order valence-corrected chi connectivity index (χ0v) is 14.0. The van der Waals surface area contributed by atoms with Crippen LogP contribution >= 0.6 is 27.3 Å². The Balaban J connectivity index is 1.95. The van der Waals surface area contributed by atoms with Crippen LogP contribution in [0.25, 0.3) is 0 Å². The third-order valence-electron chi connectivity index (χ3n) is 3.38. The summed E-state index contributed by atoms with van der Waals surface area (Å²) in [5.74, 6) is 0. The van der Waals surface area contributed by atoms with Crippen LogP contribution in [-0.2, 0) is 10.2 Å². The Morgan fingerprint density at radius 3 is 2.58 bits per heavy atom. The summed E-state index contributed by atoms with van der Waals surface area (Å²) in [4.78, 5) is 13.1. The van der Waals surface area contributed by atoms with Crippen molar-refractivity contribution in [2.75, 3.05) is 6.54 Å². The molecule has 0 bridgehead atoms. The highest BCUT2D eigenvalue weighted by Crippen LogP contribution is 2.46. The Morgan fingerprint density at radius 2 is 2.16 bits per heavy atom. The third kappa shape index (κ3) is 3.72. The molecule has 5 heteroatoms. The van der Waals surface area contributed by atoms with Crippen molar-refractivity contribution in [2.45, 2.75) is 51.0 Å². The molecule has 1 fully saturated rings. The molecular weight excluding hydrogens is 326 g/mol. The Morgan fingerprint density at radius 1 is 1.47 bits per heavy atom. The molecule has 0 spiro atoms. The van der Waals surface area contributed by atoms with Gasteiger partial charge in [-0.25, -0.2) is 4.79 Å². The van der Waals surface area contributed by atoms with Crippen molar-refractivity contribution in [1.82, 2.24) is 5.32 Å². The lowest BCUT2D eigenvalue weighted by Gasteiger charge is -2.41. The topological polar surface area (TPSA) is 38.3 Å². The molecule has 19 heavy (non-hydrogen) atoms. The Hall–Kier alpha value is -0.550. The van der Waals surface area contributed by atoms with Crippen LogP contribution in [0.2, 0.25) is 0 Å². The maximum absolute atomic E-state index is 11.7. The Bertz CT molecular complexity index is 460. The molecule has 1 N–H and O–H groups in total. The van der Waals surface area contributed by atoms with E-state index in [2.05, 4.69) is 33.4 Å². The van der Waals surface area contributed by atoms with Crippen molar-refractivity contribution in [2.24, 2.45) is 0 Å². The van der Waals surface area contributed by atoms with Crippen molar-refractivity contribution < 1.29 is 9.53 Å². The number of thiophene rings is 1. The minimum Gasteiger partial charge on any atom is -0.444 e. The summed E-state index contributed by atoms with van der Waals surface area (Å²) in [6.07, 6.45) is 3.17. The number of hydrogen-bond acceptors (Lipinski definition) is 3. The molecule has 0 aromatic carbocycles. The first-order valence-corrected chi connectivity index (χ1v) is 8.14. The number of rotatable bonds is 3. The molecule has 2 rings (SSSR count). The van der Waals surface area contributed by atoms with Gasteiger partial charge in [0.25, 0.3) is 0 Å². The van der Waals surface area contributed by atoms with Crippen LogP contribution in [0, 0.1) is 0 Å². The molecule has 0 atom stereocenters. The number of alkyl carbamates (subject to hydrolysis) is 1. The van der Waals surface area contributed by atoms with Crippen LogP contribution < -0.4 is 5.32 Å². The minimum absolute atomic E-state index is 0.119. The van der Waals surface area contributed by atoms with Gasteiger partial charge >= 0.3 is 6.09 Å². The standard InChI is InChI=1S/C14H20BrNO2S/c1-13(2,3)18-12(17)16-9-14(7-4-8-14)10-5-6-11(15)19-10/h5-6H,4,7-9H2,1-3H3,(H,16,17). The lowest BCUT2D eigenvalue weighted by atomic mass is 9.68. The maximum atomic E-state index is 11.7. The fraction of sp³-hybridized carbons (Fsp3) is 0.643. The molecule has 0 unspecified atom stereocenters. The van der Waals surface area contributed by atoms with Gasteiger partial charge in [0.15, 0.2) is 0 Å². The highest BCUT2D eigenvalue weighted by atomic mass is 79.9. The van der Waals surface area contributed by atoms with Crippen LogP contribution in [0.4, 0.5) is 4.79 Å². The van der Waals surface area contributed by atoms with E-state index in [-0.39, 0.29) is 11.5 Å². The average Bonchev–Trinajstić information content (AvgIpc) is 2.61. The van der Waals surface area contributed by atoms with Gasteiger partial charge in [0.2, 0.25) is 0 Å². The van der Waals surface area contributed by atoms with Crippen LogP contribution in [0.5, 0.6) is 0 Å². The Labute approximate surface area is 126 Å². The van der Waals surface area contributed by atoms with Crippen LogP contribution in [0.15, 0.2) is 15.9 Å². The van der Waals surface area contributed by atoms with Crippen molar-refractivity contribution in [3.05, 3.63) is 20.8 Å². The molecule has 1 aromatic heterocycles. The second-order valence-corrected chi connectivity index (χ2v) is 8.56. The lowest BCUT2D eigenvalue weighted by molar-refractivity contribution is 0.0500. The second-order valence-electron chi connectivity index (χ2n) is 6.09. The van der Waals surface area contributed by atoms with Crippen molar-refractivity contribution in [3.8, 4) is 0 Å². The fourth-order valence-electron chi connectivity index (χ4n) is 2.27. The number of ether oxygens (including phenoxy) is 1. The summed E-state index contributed by atoms with van der Waals surface area (Å²) in [6.45, 7) is 6.29. The quantitative estimate of drug-likeness (QED) is 0.878. The predicted molar refractivity (Wildman–Crippen MR) is 81.8 cm³/mol. The van der Waals surface area contributed by atoms with E-state index in [0.717, 1.165) is 16.6 Å². The summed E-state index contributed by atoms with van der Waals surface area (Å²) < 4.78 is 6.43. The molecule has 1 aliphatic carbocycles. The van der Waals surface area contributed by atoms with Crippen molar-refractivity contribution in [1.29, 1.82) is 0 Å². The van der Waals surface area contributed by atoms with E-state index in [0.29, 0.717) is 6.54 Å². The first kappa shape index (κ1) is 14.9. The van der Waals surface area contributed by atoms with E-state index < -0.39 is 5.60 Å². The zero-order valence-electron chi connectivity index (χ0n) is 11.6. The summed E-state index contributed by atoms with van der Waals surface area (Å²) >= 11 is 5.26. The largest absolute Gasteiger partial charge is 0.444 e. The fourth-order valence-corrected chi connectivity index (χ4v) is 3.90. The summed E-state index contributed by atoms with van der Waals surface area (Å²) in [6, 6.07) is 4.23. The van der Waals surface area contributed by atoms with Gasteiger partial charge in [-0.1, -0.05) is 6.42 Å². The lowest BCUT2D eigenvalue weighted by Crippen LogP contribution is -2.46. The molecule has 0 aliphatic heterocycles. The van der Waals surface area contributed by atoms with Gasteiger partial charge in [-0.05, 0) is 61.7 Å². The van der Waals surface area contributed by atoms with Crippen LogP contribution in [0.3, 0.4) is 0 Å². The smallest absolute Gasteiger partial charge is 0.407 e. The molecule has 1 aliphatic rings. The highest BCUT2D eigenvalue weighted by Gasteiger charge is 2.40. The number of carbonyl (C=O) groups is 1. The van der Waals surface area contributed by atoms with E-state index in [1.807, 2.05) is 20.8 Å². The van der Waals surface area contributed by atoms with E-state index in [1.165, 1.54) is 11.3 Å². The van der Waals surface area contributed by atoms with E-state index in [9.17, 15) is 4.79 Å². The number of carbonyl (C=O) groups excluding carboxylic acids is 1. The summed E-state index contributed by atoms with van der Waals surface area (Å²) in [7, 11) is 0. The number of amides is 1. The van der Waals surface area contributed by atoms with Gasteiger partial charge < -0.3 is 10.1 Å². The predicted octanol–water partition coefficient (Wildman–Crippen LogP) is 4.46. The van der Waals surface area contributed by atoms with E-state index in [1.54, 1.807) is 11.3 Å². The average molecular weight is 346 g/mol. The van der Waals surface area contributed by atoms with Crippen LogP contribution in [-0.4, -0.2) is 18.2 Å². The van der Waals surface area contributed by atoms with Gasteiger partial charge in [-0.2, -0.15) is 0 Å². The van der Waals surface area contributed by atoms with Crippen molar-refractivity contribution >= 4 is 33.4 Å². The monoisotopic (exact) mass is 345 g/mol. The van der Waals surface area contributed by atoms with E-state index >= 15 is 0 Å². The van der Waals surface area contributed by atoms with Crippen molar-refractivity contribution in [3.63, 3.8) is 0 Å². The molecule has 0 saturated heterocycles. The molecule has 1 amide bonds. The highest BCUT2D eigenvalue weighted by molar-refractivity contribution is 9.11. The molecule has 1 saturated carbocycles. The number of nitrogens with one attached hydrogen (secondary N) is 1. The van der Waals surface area contributed by atoms with Gasteiger partial charge in [0.1, 0.15) is 5.60 Å². The number of hydrogen-bond donors (Lipinski definition) is 1. The molecule has 0 radical (unpaired) electrons.